The molecule has 0 aliphatic carbocycles. The van der Waals surface area contributed by atoms with E-state index >= 15 is 0 Å². The van der Waals surface area contributed by atoms with E-state index in [0.29, 0.717) is 5.15 Å². The lowest BCUT2D eigenvalue weighted by Gasteiger charge is -2.04. The van der Waals surface area contributed by atoms with Gasteiger partial charge in [0.15, 0.2) is 0 Å². The van der Waals surface area contributed by atoms with Crippen LogP contribution in [0.3, 0.4) is 0 Å². The Labute approximate surface area is 98.5 Å². The number of aromatic nitrogens is 1. The molecule has 0 atom stereocenters. The second kappa shape index (κ2) is 4.69. The molecule has 0 spiro atoms. The molecular weight excluding hydrogens is 226 g/mol. The molecule has 0 N–H and O–H groups in total. The second-order valence-electron chi connectivity index (χ2n) is 3.18. The molecule has 2 rings (SSSR count). The molecule has 1 nitrogen and oxygen atoms in total. The summed E-state index contributed by atoms with van der Waals surface area (Å²) in [6.45, 7) is 2.10. The quantitative estimate of drug-likeness (QED) is 0.724. The predicted octanol–water partition coefficient (Wildman–Crippen LogP) is 4.19. The molecule has 1 heterocycles. The van der Waals surface area contributed by atoms with Crippen molar-refractivity contribution in [3.8, 4) is 0 Å². The van der Waals surface area contributed by atoms with Crippen LogP contribution in [-0.4, -0.2) is 4.98 Å². The Morgan fingerprint density at radius 1 is 1.20 bits per heavy atom. The van der Waals surface area contributed by atoms with E-state index < -0.39 is 0 Å². The zero-order chi connectivity index (χ0) is 10.7. The summed E-state index contributed by atoms with van der Waals surface area (Å²) in [6.07, 6.45) is 1.73. The summed E-state index contributed by atoms with van der Waals surface area (Å²) in [7, 11) is 0. The molecule has 1 aromatic heterocycles. The van der Waals surface area contributed by atoms with Crippen molar-refractivity contribution in [2.45, 2.75) is 16.7 Å². The van der Waals surface area contributed by atoms with Crippen molar-refractivity contribution in [3.63, 3.8) is 0 Å². The van der Waals surface area contributed by atoms with Crippen molar-refractivity contribution in [1.29, 1.82) is 0 Å². The molecule has 0 saturated heterocycles. The second-order valence-corrected chi connectivity index (χ2v) is 4.68. The minimum absolute atomic E-state index is 0.536. The van der Waals surface area contributed by atoms with Gasteiger partial charge in [-0.15, -0.1) is 0 Å². The SMILES string of the molecule is Cc1ccccc1Sc1ccnc(Cl)c1. The molecule has 0 aliphatic rings. The highest BCUT2D eigenvalue weighted by atomic mass is 35.5. The van der Waals surface area contributed by atoms with Crippen molar-refractivity contribution in [2.75, 3.05) is 0 Å². The molecular formula is C12H10ClNS. The van der Waals surface area contributed by atoms with Crippen LogP contribution in [-0.2, 0) is 0 Å². The van der Waals surface area contributed by atoms with Crippen molar-refractivity contribution >= 4 is 23.4 Å². The summed E-state index contributed by atoms with van der Waals surface area (Å²) in [6, 6.07) is 12.1. The Balaban J connectivity index is 2.26. The van der Waals surface area contributed by atoms with Crippen molar-refractivity contribution < 1.29 is 0 Å². The van der Waals surface area contributed by atoms with Crippen LogP contribution in [0.5, 0.6) is 0 Å². The number of rotatable bonds is 2. The Morgan fingerprint density at radius 3 is 2.73 bits per heavy atom. The van der Waals surface area contributed by atoms with Crippen molar-refractivity contribution in [2.24, 2.45) is 0 Å². The number of hydrogen-bond acceptors (Lipinski definition) is 2. The Hall–Kier alpha value is -0.990. The van der Waals surface area contributed by atoms with E-state index in [-0.39, 0.29) is 0 Å². The van der Waals surface area contributed by atoms with E-state index in [9.17, 15) is 0 Å². The molecule has 0 amide bonds. The fourth-order valence-electron chi connectivity index (χ4n) is 1.25. The van der Waals surface area contributed by atoms with E-state index in [0.717, 1.165) is 4.90 Å². The standard InChI is InChI=1S/C12H10ClNS/c1-9-4-2-3-5-11(9)15-10-6-7-14-12(13)8-10/h2-8H,1H3. The molecule has 0 aliphatic heterocycles. The number of halogens is 1. The van der Waals surface area contributed by atoms with Crippen LogP contribution in [0.1, 0.15) is 5.56 Å². The average Bonchev–Trinajstić information content (AvgIpc) is 2.22. The summed E-state index contributed by atoms with van der Waals surface area (Å²) in [4.78, 5) is 6.32. The molecule has 3 heteroatoms. The van der Waals surface area contributed by atoms with Gasteiger partial charge in [0, 0.05) is 16.0 Å². The lowest BCUT2D eigenvalue weighted by Crippen LogP contribution is -1.80. The first-order valence-electron chi connectivity index (χ1n) is 4.61. The third kappa shape index (κ3) is 2.74. The van der Waals surface area contributed by atoms with E-state index in [1.54, 1.807) is 18.0 Å². The highest BCUT2D eigenvalue weighted by molar-refractivity contribution is 7.99. The maximum Gasteiger partial charge on any atom is 0.130 e. The van der Waals surface area contributed by atoms with E-state index in [2.05, 4.69) is 24.0 Å². The average molecular weight is 236 g/mol. The first-order chi connectivity index (χ1) is 7.25. The third-order valence-electron chi connectivity index (χ3n) is 2.02. The van der Waals surface area contributed by atoms with Gasteiger partial charge in [-0.1, -0.05) is 41.6 Å². The van der Waals surface area contributed by atoms with Crippen molar-refractivity contribution in [3.05, 3.63) is 53.3 Å². The summed E-state index contributed by atoms with van der Waals surface area (Å²) >= 11 is 7.53. The molecule has 1 aromatic carbocycles. The predicted molar refractivity (Wildman–Crippen MR) is 64.5 cm³/mol. The molecule has 2 aromatic rings. The summed E-state index contributed by atoms with van der Waals surface area (Å²) in [5, 5.41) is 0.536. The van der Waals surface area contributed by atoms with Crippen LogP contribution >= 0.6 is 23.4 Å². The van der Waals surface area contributed by atoms with Crippen LogP contribution in [0.4, 0.5) is 0 Å². The van der Waals surface area contributed by atoms with Crippen LogP contribution in [0, 0.1) is 6.92 Å². The van der Waals surface area contributed by atoms with Gasteiger partial charge in [0.25, 0.3) is 0 Å². The van der Waals surface area contributed by atoms with Gasteiger partial charge in [-0.25, -0.2) is 4.98 Å². The molecule has 0 fully saturated rings. The summed E-state index contributed by atoms with van der Waals surface area (Å²) in [5.74, 6) is 0. The maximum absolute atomic E-state index is 5.83. The Kier molecular flexibility index (Phi) is 3.29. The van der Waals surface area contributed by atoms with Crippen LogP contribution in [0.15, 0.2) is 52.4 Å². The minimum atomic E-state index is 0.536. The number of hydrogen-bond donors (Lipinski definition) is 0. The van der Waals surface area contributed by atoms with Crippen LogP contribution < -0.4 is 0 Å². The molecule has 0 saturated carbocycles. The van der Waals surface area contributed by atoms with Gasteiger partial charge in [-0.2, -0.15) is 0 Å². The van der Waals surface area contributed by atoms with E-state index in [1.807, 2.05) is 24.3 Å². The largest absolute Gasteiger partial charge is 0.244 e. The van der Waals surface area contributed by atoms with Gasteiger partial charge in [0.05, 0.1) is 0 Å². The fraction of sp³-hybridized carbons (Fsp3) is 0.0833. The number of nitrogens with zero attached hydrogens (tertiary/aromatic N) is 1. The molecule has 0 unspecified atom stereocenters. The molecule has 76 valence electrons. The monoisotopic (exact) mass is 235 g/mol. The first kappa shape index (κ1) is 10.5. The van der Waals surface area contributed by atoms with Crippen molar-refractivity contribution in [1.82, 2.24) is 4.98 Å². The highest BCUT2D eigenvalue weighted by Crippen LogP contribution is 2.30. The first-order valence-corrected chi connectivity index (χ1v) is 5.80. The Bertz CT molecular complexity index is 471. The Morgan fingerprint density at radius 2 is 2.00 bits per heavy atom. The van der Waals surface area contributed by atoms with E-state index in [1.165, 1.54) is 10.5 Å². The van der Waals surface area contributed by atoms with Gasteiger partial charge in [0.2, 0.25) is 0 Å². The smallest absolute Gasteiger partial charge is 0.130 e. The minimum Gasteiger partial charge on any atom is -0.244 e. The molecule has 15 heavy (non-hydrogen) atoms. The summed E-state index contributed by atoms with van der Waals surface area (Å²) in [5.41, 5.74) is 1.27. The van der Waals surface area contributed by atoms with Gasteiger partial charge < -0.3 is 0 Å². The van der Waals surface area contributed by atoms with Gasteiger partial charge in [0.1, 0.15) is 5.15 Å². The topological polar surface area (TPSA) is 12.9 Å². The molecule has 0 radical (unpaired) electrons. The lowest BCUT2D eigenvalue weighted by atomic mass is 10.2. The number of pyridine rings is 1. The third-order valence-corrected chi connectivity index (χ3v) is 3.39. The van der Waals surface area contributed by atoms with Crippen LogP contribution in [0.25, 0.3) is 0 Å². The number of benzene rings is 1. The lowest BCUT2D eigenvalue weighted by molar-refractivity contribution is 1.25. The fourth-order valence-corrected chi connectivity index (χ4v) is 2.41. The normalized spacial score (nSPS) is 10.3. The van der Waals surface area contributed by atoms with Gasteiger partial charge >= 0.3 is 0 Å². The van der Waals surface area contributed by atoms with E-state index in [4.69, 9.17) is 11.6 Å². The summed E-state index contributed by atoms with van der Waals surface area (Å²) < 4.78 is 0. The number of aryl methyl sites for hydroxylation is 1. The van der Waals surface area contributed by atoms with Gasteiger partial charge in [-0.05, 0) is 30.7 Å². The van der Waals surface area contributed by atoms with Crippen LogP contribution in [0.2, 0.25) is 5.15 Å². The maximum atomic E-state index is 5.83. The highest BCUT2D eigenvalue weighted by Gasteiger charge is 2.00. The van der Waals surface area contributed by atoms with Gasteiger partial charge in [-0.3, -0.25) is 0 Å². The molecule has 0 bridgehead atoms. The zero-order valence-electron chi connectivity index (χ0n) is 8.27. The zero-order valence-corrected chi connectivity index (χ0v) is 9.85.